The van der Waals surface area contributed by atoms with E-state index in [0.29, 0.717) is 5.02 Å². The second kappa shape index (κ2) is 14.8. The minimum absolute atomic E-state index is 0.0116. The lowest BCUT2D eigenvalue weighted by Crippen LogP contribution is -2.54. The number of amides is 2. The zero-order chi connectivity index (χ0) is 31.9. The maximum absolute atomic E-state index is 14.5. The number of anilines is 1. The minimum Gasteiger partial charge on any atom is -0.352 e. The Hall–Kier alpha value is -3.85. The van der Waals surface area contributed by atoms with Crippen molar-refractivity contribution >= 4 is 50.7 Å². The lowest BCUT2D eigenvalue weighted by Gasteiger charge is -2.34. The number of sulfonamides is 1. The molecule has 1 N–H and O–H groups in total. The summed E-state index contributed by atoms with van der Waals surface area (Å²) in [7, 11) is -4.26. The molecule has 0 heterocycles. The van der Waals surface area contributed by atoms with E-state index in [1.54, 1.807) is 18.2 Å². The van der Waals surface area contributed by atoms with Crippen molar-refractivity contribution in [2.45, 2.75) is 50.7 Å². The highest BCUT2D eigenvalue weighted by Gasteiger charge is 2.35. The van der Waals surface area contributed by atoms with Crippen molar-refractivity contribution in [1.29, 1.82) is 0 Å². The van der Waals surface area contributed by atoms with E-state index >= 15 is 0 Å². The predicted octanol–water partition coefficient (Wildman–Crippen LogP) is 6.66. The topological polar surface area (TPSA) is 86.8 Å². The van der Waals surface area contributed by atoms with Gasteiger partial charge in [-0.2, -0.15) is 0 Å². The number of carbonyl (C=O) groups excluding carboxylic acids is 2. The van der Waals surface area contributed by atoms with E-state index in [-0.39, 0.29) is 40.5 Å². The van der Waals surface area contributed by atoms with E-state index in [0.717, 1.165) is 21.0 Å². The zero-order valence-electron chi connectivity index (χ0n) is 24.8. The quantitative estimate of drug-likeness (QED) is 0.186. The Labute approximate surface area is 269 Å². The monoisotopic (exact) mass is 651 g/mol. The van der Waals surface area contributed by atoms with Gasteiger partial charge in [-0.05, 0) is 62.2 Å². The molecule has 0 bridgehead atoms. The standard InChI is InChI=1S/C34H35Cl2N3O4S/c1-24(2)37-34(41)32(20-26-12-6-4-7-13-26)38(22-27-14-10-11-25(3)19-27)33(40)23-39(31-18-17-28(35)21-30(31)36)44(42,43)29-15-8-5-9-16-29/h4-19,21,24,32H,20,22-23H2,1-3H3,(H,37,41). The van der Waals surface area contributed by atoms with Gasteiger partial charge < -0.3 is 10.2 Å². The average molecular weight is 653 g/mol. The Morgan fingerprint density at radius 3 is 2.07 bits per heavy atom. The first-order valence-corrected chi connectivity index (χ1v) is 16.4. The van der Waals surface area contributed by atoms with E-state index in [1.165, 1.54) is 35.2 Å². The van der Waals surface area contributed by atoms with Gasteiger partial charge in [-0.1, -0.05) is 102 Å². The highest BCUT2D eigenvalue weighted by Crippen LogP contribution is 2.33. The normalized spacial score (nSPS) is 12.0. The van der Waals surface area contributed by atoms with Gasteiger partial charge >= 0.3 is 0 Å². The molecule has 0 saturated heterocycles. The van der Waals surface area contributed by atoms with Gasteiger partial charge in [-0.15, -0.1) is 0 Å². The average Bonchev–Trinajstić information content (AvgIpc) is 2.98. The molecule has 1 unspecified atom stereocenters. The number of halogens is 2. The Balaban J connectivity index is 1.82. The maximum atomic E-state index is 14.5. The van der Waals surface area contributed by atoms with Crippen LogP contribution in [-0.2, 0) is 32.6 Å². The maximum Gasteiger partial charge on any atom is 0.264 e. The molecule has 0 aromatic heterocycles. The SMILES string of the molecule is Cc1cccc(CN(C(=O)CN(c2ccc(Cl)cc2Cl)S(=O)(=O)c2ccccc2)C(Cc2ccccc2)C(=O)NC(C)C)c1. The number of hydrogen-bond donors (Lipinski definition) is 1. The van der Waals surface area contributed by atoms with Crippen LogP contribution in [0.4, 0.5) is 5.69 Å². The van der Waals surface area contributed by atoms with Crippen molar-refractivity contribution in [3.8, 4) is 0 Å². The van der Waals surface area contributed by atoms with Crippen LogP contribution in [0.15, 0.2) is 108 Å². The lowest BCUT2D eigenvalue weighted by molar-refractivity contribution is -0.140. The fourth-order valence-corrected chi connectivity index (χ4v) is 6.87. The molecule has 4 aromatic carbocycles. The lowest BCUT2D eigenvalue weighted by atomic mass is 10.0. The Morgan fingerprint density at radius 2 is 1.45 bits per heavy atom. The van der Waals surface area contributed by atoms with E-state index in [1.807, 2.05) is 75.4 Å². The summed E-state index contributed by atoms with van der Waals surface area (Å²) < 4.78 is 29.1. The van der Waals surface area contributed by atoms with Gasteiger partial charge in [0, 0.05) is 24.0 Å². The van der Waals surface area contributed by atoms with Gasteiger partial charge in [0.1, 0.15) is 12.6 Å². The van der Waals surface area contributed by atoms with Crippen LogP contribution < -0.4 is 9.62 Å². The number of hydrogen-bond acceptors (Lipinski definition) is 4. The first-order chi connectivity index (χ1) is 21.0. The van der Waals surface area contributed by atoms with E-state index in [2.05, 4.69) is 5.32 Å². The van der Waals surface area contributed by atoms with Gasteiger partial charge in [-0.3, -0.25) is 13.9 Å². The van der Waals surface area contributed by atoms with Crippen molar-refractivity contribution in [1.82, 2.24) is 10.2 Å². The van der Waals surface area contributed by atoms with E-state index in [4.69, 9.17) is 23.2 Å². The molecule has 1 atom stereocenters. The molecule has 4 aromatic rings. The molecule has 0 aliphatic heterocycles. The van der Waals surface area contributed by atoms with Crippen molar-refractivity contribution in [2.24, 2.45) is 0 Å². The van der Waals surface area contributed by atoms with Crippen LogP contribution in [0.2, 0.25) is 10.0 Å². The molecule has 7 nitrogen and oxygen atoms in total. The van der Waals surface area contributed by atoms with Gasteiger partial charge in [0.2, 0.25) is 11.8 Å². The third kappa shape index (κ3) is 8.40. The Bertz CT molecular complexity index is 1700. The molecule has 0 spiro atoms. The first-order valence-electron chi connectivity index (χ1n) is 14.2. The number of carbonyl (C=O) groups is 2. The van der Waals surface area contributed by atoms with Crippen molar-refractivity contribution in [3.05, 3.63) is 130 Å². The summed E-state index contributed by atoms with van der Waals surface area (Å²) in [5.41, 5.74) is 2.74. The molecule has 230 valence electrons. The molecule has 0 radical (unpaired) electrons. The molecular weight excluding hydrogens is 617 g/mol. The third-order valence-corrected chi connectivity index (χ3v) is 9.24. The molecule has 0 aliphatic rings. The van der Waals surface area contributed by atoms with Crippen LogP contribution in [-0.4, -0.2) is 43.8 Å². The van der Waals surface area contributed by atoms with Gasteiger partial charge in [0.25, 0.3) is 10.0 Å². The van der Waals surface area contributed by atoms with Crippen LogP contribution in [0.1, 0.15) is 30.5 Å². The number of nitrogens with one attached hydrogen (secondary N) is 1. The van der Waals surface area contributed by atoms with E-state index < -0.39 is 28.5 Å². The molecular formula is C34H35Cl2N3O4S. The number of benzene rings is 4. The van der Waals surface area contributed by atoms with Crippen LogP contribution in [0, 0.1) is 6.92 Å². The summed E-state index contributed by atoms with van der Waals surface area (Å²) in [5.74, 6) is -0.913. The van der Waals surface area contributed by atoms with E-state index in [9.17, 15) is 18.0 Å². The summed E-state index contributed by atoms with van der Waals surface area (Å²) >= 11 is 12.7. The number of rotatable bonds is 12. The Morgan fingerprint density at radius 1 is 0.818 bits per heavy atom. The second-order valence-corrected chi connectivity index (χ2v) is 13.5. The molecule has 0 aliphatic carbocycles. The summed E-state index contributed by atoms with van der Waals surface area (Å²) in [6, 6.07) is 28.2. The van der Waals surface area contributed by atoms with Crippen LogP contribution in [0.25, 0.3) is 0 Å². The summed E-state index contributed by atoms with van der Waals surface area (Å²) in [4.78, 5) is 29.7. The van der Waals surface area contributed by atoms with Crippen molar-refractivity contribution < 1.29 is 18.0 Å². The fraction of sp³-hybridized carbons (Fsp3) is 0.235. The smallest absolute Gasteiger partial charge is 0.264 e. The van der Waals surface area contributed by atoms with Crippen LogP contribution in [0.3, 0.4) is 0 Å². The molecule has 0 fully saturated rings. The third-order valence-electron chi connectivity index (χ3n) is 6.93. The number of aryl methyl sites for hydroxylation is 1. The number of nitrogens with zero attached hydrogens (tertiary/aromatic N) is 2. The van der Waals surface area contributed by atoms with Gasteiger partial charge in [-0.25, -0.2) is 8.42 Å². The summed E-state index contributed by atoms with van der Waals surface area (Å²) in [5, 5.41) is 3.33. The first kappa shape index (κ1) is 33.1. The largest absolute Gasteiger partial charge is 0.352 e. The molecule has 2 amide bonds. The van der Waals surface area contributed by atoms with Crippen LogP contribution >= 0.6 is 23.2 Å². The molecule has 4 rings (SSSR count). The van der Waals surface area contributed by atoms with Crippen molar-refractivity contribution in [3.63, 3.8) is 0 Å². The highest BCUT2D eigenvalue weighted by atomic mass is 35.5. The predicted molar refractivity (Wildman–Crippen MR) is 176 cm³/mol. The molecule has 10 heteroatoms. The fourth-order valence-electron chi connectivity index (χ4n) is 4.86. The highest BCUT2D eigenvalue weighted by molar-refractivity contribution is 7.92. The summed E-state index contributed by atoms with van der Waals surface area (Å²) in [6.07, 6.45) is 0.226. The molecule has 44 heavy (non-hydrogen) atoms. The van der Waals surface area contributed by atoms with Crippen LogP contribution in [0.5, 0.6) is 0 Å². The Kier molecular flexibility index (Phi) is 11.1. The zero-order valence-corrected chi connectivity index (χ0v) is 27.1. The molecule has 0 saturated carbocycles. The minimum atomic E-state index is -4.26. The summed E-state index contributed by atoms with van der Waals surface area (Å²) in [6.45, 7) is 5.11. The van der Waals surface area contributed by atoms with Gasteiger partial charge in [0.15, 0.2) is 0 Å². The van der Waals surface area contributed by atoms with Gasteiger partial charge in [0.05, 0.1) is 15.6 Å². The van der Waals surface area contributed by atoms with Crippen molar-refractivity contribution in [2.75, 3.05) is 10.8 Å². The second-order valence-electron chi connectivity index (χ2n) is 10.8.